The van der Waals surface area contributed by atoms with Gasteiger partial charge in [-0.25, -0.2) is 9.59 Å². The number of hydrogen-bond acceptors (Lipinski definition) is 4. The first kappa shape index (κ1) is 16.3. The zero-order valence-electron chi connectivity index (χ0n) is 12.9. The topological polar surface area (TPSA) is 57.5 Å². The second kappa shape index (κ2) is 6.59. The summed E-state index contributed by atoms with van der Waals surface area (Å²) in [4.78, 5) is 23.9. The molecule has 1 heterocycles. The molecule has 0 fully saturated rings. The minimum Gasteiger partial charge on any atom is -0.465 e. The highest BCUT2D eigenvalue weighted by Gasteiger charge is 2.23. The molecule has 20 heavy (non-hydrogen) atoms. The molecule has 0 aromatic carbocycles. The molecule has 0 aliphatic rings. The number of carbonyl (C=O) groups is 2. The first-order valence-electron chi connectivity index (χ1n) is 6.82. The molecule has 0 atom stereocenters. The first-order chi connectivity index (χ1) is 9.30. The average Bonchev–Trinajstić information content (AvgIpc) is 2.77. The third kappa shape index (κ3) is 4.11. The van der Waals surface area contributed by atoms with Crippen LogP contribution in [0.1, 0.15) is 56.6 Å². The number of carbonyl (C=O) groups excluding carboxylic acids is 2. The number of esters is 1. The summed E-state index contributed by atoms with van der Waals surface area (Å²) in [7, 11) is 1.33. The van der Waals surface area contributed by atoms with Crippen LogP contribution in [-0.2, 0) is 15.9 Å². The summed E-state index contributed by atoms with van der Waals surface area (Å²) in [6.07, 6.45) is 3.58. The molecule has 1 aromatic rings. The van der Waals surface area contributed by atoms with Gasteiger partial charge in [0.15, 0.2) is 0 Å². The normalized spacial score (nSPS) is 11.2. The van der Waals surface area contributed by atoms with Gasteiger partial charge in [0.25, 0.3) is 0 Å². The van der Waals surface area contributed by atoms with Gasteiger partial charge < -0.3 is 9.47 Å². The van der Waals surface area contributed by atoms with E-state index in [1.54, 1.807) is 33.0 Å². The minimum absolute atomic E-state index is 0.423. The van der Waals surface area contributed by atoms with Crippen LogP contribution in [0.4, 0.5) is 4.79 Å². The average molecular weight is 281 g/mol. The maximum atomic E-state index is 12.2. The molecule has 0 aliphatic heterocycles. The minimum atomic E-state index is -0.575. The van der Waals surface area contributed by atoms with E-state index in [0.29, 0.717) is 17.7 Å². The molecule has 0 saturated heterocycles. The maximum absolute atomic E-state index is 12.2. The number of ether oxygens (including phenoxy) is 2. The zero-order valence-corrected chi connectivity index (χ0v) is 12.9. The van der Waals surface area contributed by atoms with E-state index in [9.17, 15) is 9.59 Å². The van der Waals surface area contributed by atoms with E-state index < -0.39 is 17.7 Å². The maximum Gasteiger partial charge on any atom is 0.418 e. The van der Waals surface area contributed by atoms with Gasteiger partial charge in [0.2, 0.25) is 0 Å². The van der Waals surface area contributed by atoms with Crippen LogP contribution < -0.4 is 0 Å². The lowest BCUT2D eigenvalue weighted by Crippen LogP contribution is -2.28. The van der Waals surface area contributed by atoms with Crippen LogP contribution in [0.3, 0.4) is 0 Å². The molecule has 0 spiro atoms. The summed E-state index contributed by atoms with van der Waals surface area (Å²) >= 11 is 0. The molecule has 1 rings (SSSR count). The summed E-state index contributed by atoms with van der Waals surface area (Å²) in [6.45, 7) is 7.47. The molecule has 0 amide bonds. The zero-order chi connectivity index (χ0) is 15.3. The van der Waals surface area contributed by atoms with Gasteiger partial charge in [-0.3, -0.25) is 4.57 Å². The van der Waals surface area contributed by atoms with Crippen LogP contribution in [0.25, 0.3) is 0 Å². The lowest BCUT2D eigenvalue weighted by atomic mass is 10.1. The Balaban J connectivity index is 3.09. The molecule has 0 radical (unpaired) electrons. The summed E-state index contributed by atoms with van der Waals surface area (Å²) in [5.74, 6) is -0.432. The lowest BCUT2D eigenvalue weighted by molar-refractivity contribution is 0.0532. The van der Waals surface area contributed by atoms with E-state index >= 15 is 0 Å². The van der Waals surface area contributed by atoms with Crippen molar-refractivity contribution in [1.29, 1.82) is 0 Å². The van der Waals surface area contributed by atoms with Gasteiger partial charge in [-0.2, -0.15) is 0 Å². The van der Waals surface area contributed by atoms with Crippen molar-refractivity contribution < 1.29 is 19.1 Å². The molecule has 1 aromatic heterocycles. The monoisotopic (exact) mass is 281 g/mol. The predicted molar refractivity (Wildman–Crippen MR) is 76.0 cm³/mol. The summed E-state index contributed by atoms with van der Waals surface area (Å²) in [5.41, 5.74) is 0.495. The second-order valence-electron chi connectivity index (χ2n) is 5.62. The van der Waals surface area contributed by atoms with Crippen LogP contribution in [0, 0.1) is 0 Å². The molecular formula is C15H23NO4. The quantitative estimate of drug-likeness (QED) is 0.794. The van der Waals surface area contributed by atoms with Crippen molar-refractivity contribution in [2.75, 3.05) is 7.11 Å². The Kier molecular flexibility index (Phi) is 5.36. The first-order valence-corrected chi connectivity index (χ1v) is 6.82. The fourth-order valence-electron chi connectivity index (χ4n) is 1.84. The largest absolute Gasteiger partial charge is 0.465 e. The number of nitrogens with zero attached hydrogens (tertiary/aromatic N) is 1. The molecule has 0 aliphatic carbocycles. The Morgan fingerprint density at radius 2 is 1.95 bits per heavy atom. The van der Waals surface area contributed by atoms with Crippen molar-refractivity contribution in [2.24, 2.45) is 0 Å². The van der Waals surface area contributed by atoms with E-state index in [1.807, 2.05) is 0 Å². The molecule has 0 unspecified atom stereocenters. The van der Waals surface area contributed by atoms with E-state index in [1.165, 1.54) is 11.7 Å². The molecular weight excluding hydrogens is 258 g/mol. The van der Waals surface area contributed by atoms with Crippen molar-refractivity contribution in [3.8, 4) is 0 Å². The van der Waals surface area contributed by atoms with Crippen molar-refractivity contribution in [3.05, 3.63) is 23.5 Å². The van der Waals surface area contributed by atoms with Gasteiger partial charge in [-0.05, 0) is 39.7 Å². The Morgan fingerprint density at radius 1 is 1.30 bits per heavy atom. The predicted octanol–water partition coefficient (Wildman–Crippen LogP) is 3.40. The van der Waals surface area contributed by atoms with E-state index in [4.69, 9.17) is 9.47 Å². The van der Waals surface area contributed by atoms with Gasteiger partial charge in [0.1, 0.15) is 5.60 Å². The highest BCUT2D eigenvalue weighted by molar-refractivity contribution is 5.92. The summed E-state index contributed by atoms with van der Waals surface area (Å²) < 4.78 is 11.5. The Labute approximate surface area is 119 Å². The second-order valence-corrected chi connectivity index (χ2v) is 5.62. The Morgan fingerprint density at radius 3 is 2.45 bits per heavy atom. The van der Waals surface area contributed by atoms with Gasteiger partial charge in [-0.1, -0.05) is 13.3 Å². The molecule has 0 N–H and O–H groups in total. The SMILES string of the molecule is CCCCc1c(C(=O)OC)ccn1C(=O)OC(C)(C)C. The highest BCUT2D eigenvalue weighted by atomic mass is 16.6. The number of aromatic nitrogens is 1. The van der Waals surface area contributed by atoms with Gasteiger partial charge >= 0.3 is 12.1 Å². The number of hydrogen-bond donors (Lipinski definition) is 0. The van der Waals surface area contributed by atoms with Crippen LogP contribution in [0.2, 0.25) is 0 Å². The van der Waals surface area contributed by atoms with Crippen LogP contribution in [0.5, 0.6) is 0 Å². The van der Waals surface area contributed by atoms with Crippen molar-refractivity contribution in [2.45, 2.75) is 52.6 Å². The van der Waals surface area contributed by atoms with Crippen LogP contribution in [-0.4, -0.2) is 29.3 Å². The van der Waals surface area contributed by atoms with E-state index in [-0.39, 0.29) is 0 Å². The molecule has 0 saturated carbocycles. The number of unbranched alkanes of at least 4 members (excludes halogenated alkanes) is 1. The van der Waals surface area contributed by atoms with Gasteiger partial charge in [0, 0.05) is 11.9 Å². The molecule has 0 bridgehead atoms. The Bertz CT molecular complexity index is 483. The number of rotatable bonds is 4. The van der Waals surface area contributed by atoms with Crippen molar-refractivity contribution in [1.82, 2.24) is 4.57 Å². The fraction of sp³-hybridized carbons (Fsp3) is 0.600. The fourth-order valence-corrected chi connectivity index (χ4v) is 1.84. The van der Waals surface area contributed by atoms with E-state index in [2.05, 4.69) is 6.92 Å². The van der Waals surface area contributed by atoms with Crippen LogP contribution in [0.15, 0.2) is 12.3 Å². The van der Waals surface area contributed by atoms with Crippen molar-refractivity contribution in [3.63, 3.8) is 0 Å². The van der Waals surface area contributed by atoms with Gasteiger partial charge in [0.05, 0.1) is 12.7 Å². The number of methoxy groups -OCH3 is 1. The lowest BCUT2D eigenvalue weighted by Gasteiger charge is -2.20. The summed E-state index contributed by atoms with van der Waals surface area (Å²) in [5, 5.41) is 0. The third-order valence-corrected chi connectivity index (χ3v) is 2.75. The van der Waals surface area contributed by atoms with Crippen LogP contribution >= 0.6 is 0 Å². The molecule has 5 nitrogen and oxygen atoms in total. The van der Waals surface area contributed by atoms with Crippen molar-refractivity contribution >= 4 is 12.1 Å². The summed E-state index contributed by atoms with van der Waals surface area (Å²) in [6, 6.07) is 1.60. The smallest absolute Gasteiger partial charge is 0.418 e. The van der Waals surface area contributed by atoms with E-state index in [0.717, 1.165) is 12.8 Å². The molecule has 112 valence electrons. The highest BCUT2D eigenvalue weighted by Crippen LogP contribution is 2.18. The standard InChI is InChI=1S/C15H23NO4/c1-6-7-8-12-11(13(17)19-5)9-10-16(12)14(18)20-15(2,3)4/h9-10H,6-8H2,1-5H3. The Hall–Kier alpha value is -1.78. The third-order valence-electron chi connectivity index (χ3n) is 2.75. The molecule has 5 heteroatoms. The van der Waals surface area contributed by atoms with Gasteiger partial charge in [-0.15, -0.1) is 0 Å².